The molecule has 2 heteroatoms. The van der Waals surface area contributed by atoms with Gasteiger partial charge in [0.1, 0.15) is 0 Å². The minimum atomic E-state index is 0.243. The number of benzene rings is 2. The van der Waals surface area contributed by atoms with Crippen molar-refractivity contribution in [2.45, 2.75) is 39.7 Å². The molecule has 1 unspecified atom stereocenters. The molecule has 0 aromatic heterocycles. The second kappa shape index (κ2) is 7.77. The summed E-state index contributed by atoms with van der Waals surface area (Å²) in [7, 11) is 0. The van der Waals surface area contributed by atoms with Gasteiger partial charge < -0.3 is 5.32 Å². The van der Waals surface area contributed by atoms with Crippen molar-refractivity contribution >= 4 is 15.9 Å². The first-order valence-electron chi connectivity index (χ1n) is 7.80. The van der Waals surface area contributed by atoms with Gasteiger partial charge in [-0.1, -0.05) is 73.1 Å². The van der Waals surface area contributed by atoms with Crippen LogP contribution in [0.1, 0.15) is 49.1 Å². The van der Waals surface area contributed by atoms with Crippen LogP contribution in [0.25, 0.3) is 0 Å². The van der Waals surface area contributed by atoms with Gasteiger partial charge in [-0.05, 0) is 47.7 Å². The standard InChI is InChI=1S/C19H24BrN/c1-4-14-11-12-15(5-2)17(13-14)19(21-6-3)16-9-7-8-10-18(16)20/h7-13,19,21H,4-6H2,1-3H3. The topological polar surface area (TPSA) is 12.0 Å². The molecule has 0 amide bonds. The number of nitrogens with one attached hydrogen (secondary N) is 1. The number of hydrogen-bond acceptors (Lipinski definition) is 1. The lowest BCUT2D eigenvalue weighted by Crippen LogP contribution is -2.23. The molecule has 0 saturated heterocycles. The minimum Gasteiger partial charge on any atom is -0.306 e. The smallest absolute Gasteiger partial charge is 0.0590 e. The first-order chi connectivity index (χ1) is 10.2. The number of halogens is 1. The Morgan fingerprint density at radius 1 is 0.952 bits per heavy atom. The lowest BCUT2D eigenvalue weighted by Gasteiger charge is -2.23. The Hall–Kier alpha value is -1.12. The highest BCUT2D eigenvalue weighted by atomic mass is 79.9. The van der Waals surface area contributed by atoms with Gasteiger partial charge in [0, 0.05) is 4.47 Å². The van der Waals surface area contributed by atoms with Crippen LogP contribution in [-0.4, -0.2) is 6.54 Å². The van der Waals surface area contributed by atoms with Gasteiger partial charge in [0.2, 0.25) is 0 Å². The molecule has 21 heavy (non-hydrogen) atoms. The Morgan fingerprint density at radius 3 is 2.33 bits per heavy atom. The molecular weight excluding hydrogens is 322 g/mol. The van der Waals surface area contributed by atoms with E-state index in [-0.39, 0.29) is 6.04 Å². The van der Waals surface area contributed by atoms with Crippen molar-refractivity contribution in [3.8, 4) is 0 Å². The lowest BCUT2D eigenvalue weighted by atomic mass is 9.91. The maximum Gasteiger partial charge on any atom is 0.0590 e. The van der Waals surface area contributed by atoms with Gasteiger partial charge in [-0.15, -0.1) is 0 Å². The van der Waals surface area contributed by atoms with E-state index in [1.807, 2.05) is 0 Å². The van der Waals surface area contributed by atoms with Gasteiger partial charge in [-0.25, -0.2) is 0 Å². The van der Waals surface area contributed by atoms with Crippen molar-refractivity contribution in [3.05, 3.63) is 69.2 Å². The molecule has 2 aromatic rings. The van der Waals surface area contributed by atoms with E-state index in [2.05, 4.69) is 84.5 Å². The van der Waals surface area contributed by atoms with Gasteiger partial charge in [0.25, 0.3) is 0 Å². The largest absolute Gasteiger partial charge is 0.306 e. The van der Waals surface area contributed by atoms with Crippen LogP contribution in [0.4, 0.5) is 0 Å². The van der Waals surface area contributed by atoms with E-state index >= 15 is 0 Å². The van der Waals surface area contributed by atoms with Gasteiger partial charge >= 0.3 is 0 Å². The van der Waals surface area contributed by atoms with Crippen molar-refractivity contribution in [1.82, 2.24) is 5.32 Å². The molecule has 2 rings (SSSR count). The average Bonchev–Trinajstić information content (AvgIpc) is 2.53. The quantitative estimate of drug-likeness (QED) is 0.751. The third-order valence-corrected chi connectivity index (χ3v) is 4.66. The van der Waals surface area contributed by atoms with Crippen molar-refractivity contribution in [2.24, 2.45) is 0 Å². The SMILES string of the molecule is CCNC(c1ccccc1Br)c1cc(CC)ccc1CC. The van der Waals surface area contributed by atoms with Crippen LogP contribution in [0.5, 0.6) is 0 Å². The average molecular weight is 346 g/mol. The Balaban J connectivity index is 2.54. The van der Waals surface area contributed by atoms with E-state index in [9.17, 15) is 0 Å². The Bertz CT molecular complexity index is 592. The van der Waals surface area contributed by atoms with Crippen molar-refractivity contribution < 1.29 is 0 Å². The molecule has 1 atom stereocenters. The van der Waals surface area contributed by atoms with Gasteiger partial charge in [-0.2, -0.15) is 0 Å². The van der Waals surface area contributed by atoms with Crippen LogP contribution in [0.2, 0.25) is 0 Å². The molecule has 1 N–H and O–H groups in total. The Kier molecular flexibility index (Phi) is 6.01. The fraction of sp³-hybridized carbons (Fsp3) is 0.368. The van der Waals surface area contributed by atoms with E-state index in [1.54, 1.807) is 0 Å². The Morgan fingerprint density at radius 2 is 1.71 bits per heavy atom. The molecule has 0 aliphatic rings. The second-order valence-electron chi connectivity index (χ2n) is 5.25. The van der Waals surface area contributed by atoms with Gasteiger partial charge in [0.15, 0.2) is 0 Å². The van der Waals surface area contributed by atoms with E-state index < -0.39 is 0 Å². The zero-order valence-electron chi connectivity index (χ0n) is 13.1. The molecule has 112 valence electrons. The summed E-state index contributed by atoms with van der Waals surface area (Å²) in [5, 5.41) is 3.65. The van der Waals surface area contributed by atoms with Crippen LogP contribution in [0.15, 0.2) is 46.9 Å². The predicted molar refractivity (Wildman–Crippen MR) is 94.9 cm³/mol. The van der Waals surface area contributed by atoms with Gasteiger partial charge in [0.05, 0.1) is 6.04 Å². The summed E-state index contributed by atoms with van der Waals surface area (Å²) in [4.78, 5) is 0. The normalized spacial score (nSPS) is 12.4. The first-order valence-corrected chi connectivity index (χ1v) is 8.60. The number of hydrogen-bond donors (Lipinski definition) is 1. The highest BCUT2D eigenvalue weighted by molar-refractivity contribution is 9.10. The molecule has 0 radical (unpaired) electrons. The molecule has 0 aliphatic heterocycles. The molecule has 0 saturated carbocycles. The molecule has 0 spiro atoms. The maximum absolute atomic E-state index is 3.71. The zero-order chi connectivity index (χ0) is 15.2. The summed E-state index contributed by atoms with van der Waals surface area (Å²) >= 11 is 3.71. The van der Waals surface area contributed by atoms with Crippen LogP contribution in [0.3, 0.4) is 0 Å². The summed E-state index contributed by atoms with van der Waals surface area (Å²) in [6, 6.07) is 15.7. The third-order valence-electron chi connectivity index (χ3n) is 3.93. The first kappa shape index (κ1) is 16.3. The van der Waals surface area contributed by atoms with Crippen LogP contribution < -0.4 is 5.32 Å². The monoisotopic (exact) mass is 345 g/mol. The van der Waals surface area contributed by atoms with Crippen molar-refractivity contribution in [1.29, 1.82) is 0 Å². The van der Waals surface area contributed by atoms with Crippen molar-refractivity contribution in [3.63, 3.8) is 0 Å². The summed E-state index contributed by atoms with van der Waals surface area (Å²) in [5.74, 6) is 0. The van der Waals surface area contributed by atoms with E-state index in [4.69, 9.17) is 0 Å². The summed E-state index contributed by atoms with van der Waals surface area (Å²) in [6.45, 7) is 7.56. The number of aryl methyl sites for hydroxylation is 2. The van der Waals surface area contributed by atoms with Crippen molar-refractivity contribution in [2.75, 3.05) is 6.54 Å². The number of rotatable bonds is 6. The maximum atomic E-state index is 3.71. The molecule has 0 heterocycles. The molecule has 1 nitrogen and oxygen atoms in total. The predicted octanol–water partition coefficient (Wildman–Crippen LogP) is 5.27. The summed E-state index contributed by atoms with van der Waals surface area (Å²) in [5.41, 5.74) is 5.54. The fourth-order valence-electron chi connectivity index (χ4n) is 2.76. The molecule has 2 aromatic carbocycles. The fourth-order valence-corrected chi connectivity index (χ4v) is 3.27. The Labute approximate surface area is 136 Å². The second-order valence-corrected chi connectivity index (χ2v) is 6.11. The lowest BCUT2D eigenvalue weighted by molar-refractivity contribution is 0.623. The molecular formula is C19H24BrN. The third kappa shape index (κ3) is 3.75. The zero-order valence-corrected chi connectivity index (χ0v) is 14.7. The molecule has 0 bridgehead atoms. The van der Waals surface area contributed by atoms with E-state index in [1.165, 1.54) is 26.7 Å². The highest BCUT2D eigenvalue weighted by Gasteiger charge is 2.18. The minimum absolute atomic E-state index is 0.243. The van der Waals surface area contributed by atoms with E-state index in [0.29, 0.717) is 0 Å². The molecule has 0 aliphatic carbocycles. The van der Waals surface area contributed by atoms with Crippen LogP contribution in [0, 0.1) is 0 Å². The van der Waals surface area contributed by atoms with Crippen LogP contribution in [-0.2, 0) is 12.8 Å². The molecule has 0 fully saturated rings. The summed E-state index contributed by atoms with van der Waals surface area (Å²) < 4.78 is 1.17. The van der Waals surface area contributed by atoms with Gasteiger partial charge in [-0.3, -0.25) is 0 Å². The summed E-state index contributed by atoms with van der Waals surface area (Å²) in [6.07, 6.45) is 2.14. The van der Waals surface area contributed by atoms with Crippen LogP contribution >= 0.6 is 15.9 Å². The highest BCUT2D eigenvalue weighted by Crippen LogP contribution is 2.31. The van der Waals surface area contributed by atoms with E-state index in [0.717, 1.165) is 19.4 Å².